The molecule has 6 heteroatoms. The Labute approximate surface area is 160 Å². The fraction of sp³-hybridized carbons (Fsp3) is 0.571. The van der Waals surface area contributed by atoms with Crippen molar-refractivity contribution < 1.29 is 4.42 Å². The van der Waals surface area contributed by atoms with Gasteiger partial charge in [-0.3, -0.25) is 0 Å². The summed E-state index contributed by atoms with van der Waals surface area (Å²) in [7, 11) is 4.17. The smallest absolute Gasteiger partial charge is 0.229 e. The second kappa shape index (κ2) is 7.43. The molecule has 0 spiro atoms. The molecule has 0 aliphatic heterocycles. The van der Waals surface area contributed by atoms with Gasteiger partial charge in [-0.15, -0.1) is 0 Å². The summed E-state index contributed by atoms with van der Waals surface area (Å²) in [5.74, 6) is 1.35. The largest absolute Gasteiger partial charge is 0.432 e. The highest BCUT2D eigenvalue weighted by Gasteiger charge is 2.25. The fourth-order valence-electron chi connectivity index (χ4n) is 4.06. The lowest BCUT2D eigenvalue weighted by molar-refractivity contribution is 0.405. The molecule has 144 valence electrons. The van der Waals surface area contributed by atoms with Crippen molar-refractivity contribution in [1.29, 1.82) is 0 Å². The van der Waals surface area contributed by atoms with Gasteiger partial charge in [0.1, 0.15) is 11.8 Å². The Morgan fingerprint density at radius 1 is 1.19 bits per heavy atom. The number of nitrogens with zero attached hydrogens (tertiary/aromatic N) is 4. The van der Waals surface area contributed by atoms with E-state index in [4.69, 9.17) is 9.40 Å². The van der Waals surface area contributed by atoms with Crippen LogP contribution in [0.5, 0.6) is 0 Å². The third-order valence-corrected chi connectivity index (χ3v) is 5.23. The van der Waals surface area contributed by atoms with Crippen LogP contribution in [0.4, 0.5) is 5.82 Å². The molecule has 4 rings (SSSR count). The number of pyridine rings is 1. The summed E-state index contributed by atoms with van der Waals surface area (Å²) in [4.78, 5) is 16.1. The van der Waals surface area contributed by atoms with Crippen molar-refractivity contribution in [1.82, 2.24) is 19.9 Å². The van der Waals surface area contributed by atoms with Crippen LogP contribution in [-0.2, 0) is 19.3 Å². The topological polar surface area (TPSA) is 67.1 Å². The Kier molecular flexibility index (Phi) is 5.00. The van der Waals surface area contributed by atoms with Crippen LogP contribution in [-0.4, -0.2) is 47.0 Å². The van der Waals surface area contributed by atoms with Crippen molar-refractivity contribution in [3.8, 4) is 0 Å². The molecule has 0 amide bonds. The molecule has 3 aromatic heterocycles. The second-order valence-corrected chi connectivity index (χ2v) is 8.23. The van der Waals surface area contributed by atoms with Gasteiger partial charge in [-0.05, 0) is 69.8 Å². The highest BCUT2D eigenvalue weighted by Crippen LogP contribution is 2.38. The minimum Gasteiger partial charge on any atom is -0.432 e. The van der Waals surface area contributed by atoms with Crippen LogP contribution in [0.25, 0.3) is 22.2 Å². The van der Waals surface area contributed by atoms with Crippen molar-refractivity contribution in [3.05, 3.63) is 23.1 Å². The minimum absolute atomic E-state index is 0.581. The van der Waals surface area contributed by atoms with E-state index in [9.17, 15) is 0 Å². The molecule has 27 heavy (non-hydrogen) atoms. The molecular formula is C21H29N5O. The number of furan rings is 1. The average molecular weight is 367 g/mol. The predicted molar refractivity (Wildman–Crippen MR) is 109 cm³/mol. The lowest BCUT2D eigenvalue weighted by Gasteiger charge is -2.10. The Morgan fingerprint density at radius 2 is 2.00 bits per heavy atom. The van der Waals surface area contributed by atoms with Crippen LogP contribution in [0.15, 0.2) is 10.7 Å². The summed E-state index contributed by atoms with van der Waals surface area (Å²) in [6, 6.07) is 0. The van der Waals surface area contributed by atoms with Crippen molar-refractivity contribution in [2.24, 2.45) is 5.92 Å². The van der Waals surface area contributed by atoms with Crippen LogP contribution in [0.1, 0.15) is 43.5 Å². The van der Waals surface area contributed by atoms with E-state index in [0.29, 0.717) is 5.92 Å². The summed E-state index contributed by atoms with van der Waals surface area (Å²) in [6.07, 6.45) is 7.07. The van der Waals surface area contributed by atoms with Gasteiger partial charge in [0.05, 0.1) is 5.39 Å². The highest BCUT2D eigenvalue weighted by molar-refractivity contribution is 6.06. The number of aromatic nitrogens is 3. The lowest BCUT2D eigenvalue weighted by Crippen LogP contribution is -2.16. The Hall–Kier alpha value is -2.21. The van der Waals surface area contributed by atoms with Gasteiger partial charge in [-0.2, -0.15) is 0 Å². The zero-order chi connectivity index (χ0) is 19.0. The van der Waals surface area contributed by atoms with Crippen molar-refractivity contribution >= 4 is 28.0 Å². The lowest BCUT2D eigenvalue weighted by atomic mass is 9.99. The van der Waals surface area contributed by atoms with Gasteiger partial charge in [0.15, 0.2) is 11.4 Å². The van der Waals surface area contributed by atoms with Gasteiger partial charge in [0.2, 0.25) is 5.71 Å². The number of nitrogens with one attached hydrogen (secondary N) is 1. The normalized spacial score (nSPS) is 14.0. The predicted octanol–water partition coefficient (Wildman–Crippen LogP) is 3.82. The highest BCUT2D eigenvalue weighted by atomic mass is 16.3. The van der Waals surface area contributed by atoms with Gasteiger partial charge in [-0.1, -0.05) is 13.8 Å². The maximum Gasteiger partial charge on any atom is 0.229 e. The third-order valence-electron chi connectivity index (χ3n) is 5.23. The van der Waals surface area contributed by atoms with E-state index in [2.05, 4.69) is 48.1 Å². The summed E-state index contributed by atoms with van der Waals surface area (Å²) in [5, 5.41) is 4.52. The molecule has 1 aliphatic rings. The molecule has 0 bridgehead atoms. The molecule has 1 N–H and O–H groups in total. The van der Waals surface area contributed by atoms with Crippen LogP contribution >= 0.6 is 0 Å². The second-order valence-electron chi connectivity index (χ2n) is 8.23. The number of anilines is 1. The summed E-state index contributed by atoms with van der Waals surface area (Å²) in [5.41, 5.74) is 6.39. The van der Waals surface area contributed by atoms with E-state index in [-0.39, 0.29) is 0 Å². The first-order chi connectivity index (χ1) is 13.0. The third kappa shape index (κ3) is 3.50. The standard InChI is InChI=1S/C21H29N5O/c1-13(2)11-16-14-7-5-8-15(14)17-18-19(27-21(17)25-16)20(24-12-23-18)22-9-6-10-26(3)4/h12-13H,5-11H2,1-4H3,(H,22,23,24). The number of fused-ring (bicyclic) bond motifs is 5. The van der Waals surface area contributed by atoms with Gasteiger partial charge < -0.3 is 14.6 Å². The maximum absolute atomic E-state index is 6.20. The van der Waals surface area contributed by atoms with E-state index < -0.39 is 0 Å². The molecule has 1 aliphatic carbocycles. The first-order valence-electron chi connectivity index (χ1n) is 10.0. The van der Waals surface area contributed by atoms with E-state index in [1.54, 1.807) is 6.33 Å². The SMILES string of the molecule is CC(C)Cc1nc2oc3c(NCCCN(C)C)ncnc3c2c2c1CCC2. The Morgan fingerprint density at radius 3 is 2.78 bits per heavy atom. The Bertz CT molecular complexity index is 960. The summed E-state index contributed by atoms with van der Waals surface area (Å²) in [6.45, 7) is 6.38. The molecule has 0 radical (unpaired) electrons. The zero-order valence-electron chi connectivity index (χ0n) is 16.8. The van der Waals surface area contributed by atoms with E-state index in [1.807, 2.05) is 0 Å². The average Bonchev–Trinajstić information content (AvgIpc) is 3.22. The van der Waals surface area contributed by atoms with Crippen LogP contribution in [0.2, 0.25) is 0 Å². The number of hydrogen-bond acceptors (Lipinski definition) is 6. The van der Waals surface area contributed by atoms with Gasteiger partial charge in [0, 0.05) is 12.2 Å². The van der Waals surface area contributed by atoms with Crippen LogP contribution in [0.3, 0.4) is 0 Å². The monoisotopic (exact) mass is 367 g/mol. The van der Waals surface area contributed by atoms with E-state index >= 15 is 0 Å². The quantitative estimate of drug-likeness (QED) is 0.640. The summed E-state index contributed by atoms with van der Waals surface area (Å²) >= 11 is 0. The van der Waals surface area contributed by atoms with Gasteiger partial charge in [0.25, 0.3) is 0 Å². The molecule has 0 aromatic carbocycles. The zero-order valence-corrected chi connectivity index (χ0v) is 16.8. The molecule has 0 saturated heterocycles. The first-order valence-corrected chi connectivity index (χ1v) is 10.0. The van der Waals surface area contributed by atoms with Crippen molar-refractivity contribution in [3.63, 3.8) is 0 Å². The molecule has 0 fully saturated rings. The molecule has 0 saturated carbocycles. The number of hydrogen-bond donors (Lipinski definition) is 1. The number of rotatable bonds is 7. The molecule has 0 atom stereocenters. The molecule has 3 heterocycles. The first kappa shape index (κ1) is 18.2. The fourth-order valence-corrected chi connectivity index (χ4v) is 4.06. The van der Waals surface area contributed by atoms with Crippen molar-refractivity contribution in [2.75, 3.05) is 32.5 Å². The molecular weight excluding hydrogens is 338 g/mol. The molecule has 3 aromatic rings. The van der Waals surface area contributed by atoms with Gasteiger partial charge in [-0.25, -0.2) is 15.0 Å². The molecule has 0 unspecified atom stereocenters. The summed E-state index contributed by atoms with van der Waals surface area (Å²) < 4.78 is 6.20. The maximum atomic E-state index is 6.20. The van der Waals surface area contributed by atoms with Gasteiger partial charge >= 0.3 is 0 Å². The number of aryl methyl sites for hydroxylation is 1. The molecule has 6 nitrogen and oxygen atoms in total. The van der Waals surface area contributed by atoms with Crippen molar-refractivity contribution in [2.45, 2.75) is 46.0 Å². The van der Waals surface area contributed by atoms with E-state index in [0.717, 1.165) is 66.8 Å². The minimum atomic E-state index is 0.581. The van der Waals surface area contributed by atoms with Crippen LogP contribution < -0.4 is 5.32 Å². The van der Waals surface area contributed by atoms with E-state index in [1.165, 1.54) is 23.2 Å². The van der Waals surface area contributed by atoms with Crippen LogP contribution in [0, 0.1) is 5.92 Å². The Balaban J connectivity index is 1.76.